The summed E-state index contributed by atoms with van der Waals surface area (Å²) in [4.78, 5) is 0. The SMILES string of the molecule is CCCC(C)OCc1cc(CNCC)ccc1F. The molecule has 0 fully saturated rings. The van der Waals surface area contributed by atoms with Crippen LogP contribution >= 0.6 is 0 Å². The number of halogens is 1. The number of benzene rings is 1. The Morgan fingerprint density at radius 1 is 1.33 bits per heavy atom. The van der Waals surface area contributed by atoms with E-state index in [2.05, 4.69) is 19.2 Å². The molecule has 1 aromatic carbocycles. The van der Waals surface area contributed by atoms with Gasteiger partial charge in [-0.05, 0) is 37.6 Å². The predicted octanol–water partition coefficient (Wildman–Crippen LogP) is 3.64. The van der Waals surface area contributed by atoms with Gasteiger partial charge >= 0.3 is 0 Å². The van der Waals surface area contributed by atoms with Gasteiger partial charge in [-0.1, -0.05) is 26.3 Å². The van der Waals surface area contributed by atoms with Crippen molar-refractivity contribution in [2.75, 3.05) is 6.54 Å². The summed E-state index contributed by atoms with van der Waals surface area (Å²) in [6.45, 7) is 8.25. The first kappa shape index (κ1) is 15.1. The second-order valence-corrected chi connectivity index (χ2v) is 4.62. The lowest BCUT2D eigenvalue weighted by molar-refractivity contribution is 0.0455. The summed E-state index contributed by atoms with van der Waals surface area (Å²) < 4.78 is 19.3. The fourth-order valence-electron chi connectivity index (χ4n) is 1.84. The smallest absolute Gasteiger partial charge is 0.128 e. The third-order valence-electron chi connectivity index (χ3n) is 2.91. The largest absolute Gasteiger partial charge is 0.374 e. The maximum absolute atomic E-state index is 13.6. The van der Waals surface area contributed by atoms with Crippen LogP contribution in [0.25, 0.3) is 0 Å². The summed E-state index contributed by atoms with van der Waals surface area (Å²) in [6, 6.07) is 5.23. The van der Waals surface area contributed by atoms with Gasteiger partial charge in [-0.2, -0.15) is 0 Å². The van der Waals surface area contributed by atoms with Crippen molar-refractivity contribution in [3.05, 3.63) is 35.1 Å². The van der Waals surface area contributed by atoms with E-state index < -0.39 is 0 Å². The fraction of sp³-hybridized carbons (Fsp3) is 0.600. The lowest BCUT2D eigenvalue weighted by Crippen LogP contribution is -2.13. The molecular formula is C15H24FNO. The highest BCUT2D eigenvalue weighted by Crippen LogP contribution is 2.14. The van der Waals surface area contributed by atoms with Gasteiger partial charge in [-0.15, -0.1) is 0 Å². The van der Waals surface area contributed by atoms with Crippen LogP contribution in [-0.4, -0.2) is 12.6 Å². The van der Waals surface area contributed by atoms with Crippen molar-refractivity contribution in [3.63, 3.8) is 0 Å². The normalized spacial score (nSPS) is 12.7. The molecule has 102 valence electrons. The maximum Gasteiger partial charge on any atom is 0.128 e. The Morgan fingerprint density at radius 2 is 2.11 bits per heavy atom. The zero-order valence-corrected chi connectivity index (χ0v) is 11.6. The minimum atomic E-state index is -0.182. The minimum Gasteiger partial charge on any atom is -0.374 e. The molecule has 3 heteroatoms. The molecule has 1 unspecified atom stereocenters. The Balaban J connectivity index is 2.57. The number of ether oxygens (including phenoxy) is 1. The molecular weight excluding hydrogens is 229 g/mol. The van der Waals surface area contributed by atoms with Gasteiger partial charge in [0, 0.05) is 12.1 Å². The van der Waals surface area contributed by atoms with Gasteiger partial charge in [0.2, 0.25) is 0 Å². The van der Waals surface area contributed by atoms with Crippen molar-refractivity contribution in [1.82, 2.24) is 5.32 Å². The van der Waals surface area contributed by atoms with E-state index in [9.17, 15) is 4.39 Å². The summed E-state index contributed by atoms with van der Waals surface area (Å²) >= 11 is 0. The van der Waals surface area contributed by atoms with Gasteiger partial charge in [-0.25, -0.2) is 4.39 Å². The number of nitrogens with one attached hydrogen (secondary N) is 1. The summed E-state index contributed by atoms with van der Waals surface area (Å²) in [6.07, 6.45) is 2.29. The van der Waals surface area contributed by atoms with Crippen LogP contribution in [0.5, 0.6) is 0 Å². The Bertz CT molecular complexity index is 354. The maximum atomic E-state index is 13.6. The van der Waals surface area contributed by atoms with E-state index in [-0.39, 0.29) is 11.9 Å². The van der Waals surface area contributed by atoms with E-state index >= 15 is 0 Å². The van der Waals surface area contributed by atoms with E-state index in [4.69, 9.17) is 4.74 Å². The Kier molecular flexibility index (Phi) is 6.91. The first-order valence-electron chi connectivity index (χ1n) is 6.77. The third-order valence-corrected chi connectivity index (χ3v) is 2.91. The highest BCUT2D eigenvalue weighted by molar-refractivity contribution is 5.24. The fourth-order valence-corrected chi connectivity index (χ4v) is 1.84. The Labute approximate surface area is 110 Å². The molecule has 2 nitrogen and oxygen atoms in total. The van der Waals surface area contributed by atoms with Gasteiger partial charge < -0.3 is 10.1 Å². The third kappa shape index (κ3) is 5.15. The lowest BCUT2D eigenvalue weighted by Gasteiger charge is -2.13. The number of hydrogen-bond acceptors (Lipinski definition) is 2. The molecule has 0 aliphatic heterocycles. The summed E-state index contributed by atoms with van der Waals surface area (Å²) in [5, 5.41) is 3.23. The molecule has 0 spiro atoms. The average Bonchev–Trinajstić information content (AvgIpc) is 2.36. The van der Waals surface area contributed by atoms with Crippen molar-refractivity contribution in [3.8, 4) is 0 Å². The zero-order chi connectivity index (χ0) is 13.4. The second-order valence-electron chi connectivity index (χ2n) is 4.62. The Hall–Kier alpha value is -0.930. The van der Waals surface area contributed by atoms with Crippen LogP contribution in [0.4, 0.5) is 4.39 Å². The van der Waals surface area contributed by atoms with Crippen LogP contribution in [0, 0.1) is 5.82 Å². The van der Waals surface area contributed by atoms with Crippen molar-refractivity contribution in [2.45, 2.75) is 52.9 Å². The molecule has 1 rings (SSSR count). The molecule has 0 aromatic heterocycles. The van der Waals surface area contributed by atoms with Crippen LogP contribution in [0.3, 0.4) is 0 Å². The molecule has 0 aliphatic carbocycles. The van der Waals surface area contributed by atoms with Gasteiger partial charge in [0.1, 0.15) is 5.82 Å². The van der Waals surface area contributed by atoms with Gasteiger partial charge in [0.15, 0.2) is 0 Å². The molecule has 1 aromatic rings. The molecule has 0 heterocycles. The molecule has 1 atom stereocenters. The standard InChI is InChI=1S/C15H24FNO/c1-4-6-12(3)18-11-14-9-13(10-17-5-2)7-8-15(14)16/h7-9,12,17H,4-6,10-11H2,1-3H3. The summed E-state index contributed by atoms with van der Waals surface area (Å²) in [7, 11) is 0. The van der Waals surface area contributed by atoms with Crippen molar-refractivity contribution in [2.24, 2.45) is 0 Å². The minimum absolute atomic E-state index is 0.182. The molecule has 0 radical (unpaired) electrons. The van der Waals surface area contributed by atoms with Gasteiger partial charge in [-0.3, -0.25) is 0 Å². The van der Waals surface area contributed by atoms with Crippen molar-refractivity contribution < 1.29 is 9.13 Å². The molecule has 0 aliphatic rings. The van der Waals surface area contributed by atoms with E-state index in [1.165, 1.54) is 6.07 Å². The average molecular weight is 253 g/mol. The quantitative estimate of drug-likeness (QED) is 0.763. The van der Waals surface area contributed by atoms with Crippen molar-refractivity contribution in [1.29, 1.82) is 0 Å². The number of rotatable bonds is 8. The summed E-state index contributed by atoms with van der Waals surface area (Å²) in [5.41, 5.74) is 1.74. The predicted molar refractivity (Wildman–Crippen MR) is 72.9 cm³/mol. The van der Waals surface area contributed by atoms with Crippen molar-refractivity contribution >= 4 is 0 Å². The molecule has 0 bridgehead atoms. The topological polar surface area (TPSA) is 21.3 Å². The van der Waals surface area contributed by atoms with Crippen LogP contribution in [0.2, 0.25) is 0 Å². The van der Waals surface area contributed by atoms with E-state index in [0.29, 0.717) is 12.2 Å². The van der Waals surface area contributed by atoms with Crippen LogP contribution in [-0.2, 0) is 17.9 Å². The highest BCUT2D eigenvalue weighted by Gasteiger charge is 2.06. The first-order chi connectivity index (χ1) is 8.67. The van der Waals surface area contributed by atoms with E-state index in [0.717, 1.165) is 31.5 Å². The molecule has 18 heavy (non-hydrogen) atoms. The highest BCUT2D eigenvalue weighted by atomic mass is 19.1. The monoisotopic (exact) mass is 253 g/mol. The molecule has 0 saturated carbocycles. The zero-order valence-electron chi connectivity index (χ0n) is 11.6. The van der Waals surface area contributed by atoms with Gasteiger partial charge in [0.05, 0.1) is 12.7 Å². The van der Waals surface area contributed by atoms with Crippen LogP contribution in [0.15, 0.2) is 18.2 Å². The molecule has 0 saturated heterocycles. The molecule has 1 N–H and O–H groups in total. The number of hydrogen-bond donors (Lipinski definition) is 1. The molecule has 0 amide bonds. The van der Waals surface area contributed by atoms with E-state index in [1.54, 1.807) is 0 Å². The summed E-state index contributed by atoms with van der Waals surface area (Å²) in [5.74, 6) is -0.182. The van der Waals surface area contributed by atoms with Crippen LogP contribution < -0.4 is 5.32 Å². The van der Waals surface area contributed by atoms with Crippen LogP contribution in [0.1, 0.15) is 44.7 Å². The first-order valence-corrected chi connectivity index (χ1v) is 6.77. The Morgan fingerprint density at radius 3 is 2.78 bits per heavy atom. The lowest BCUT2D eigenvalue weighted by atomic mass is 10.1. The van der Waals surface area contributed by atoms with E-state index in [1.807, 2.05) is 19.1 Å². The van der Waals surface area contributed by atoms with Gasteiger partial charge in [0.25, 0.3) is 0 Å². The second kappa shape index (κ2) is 8.22.